The van der Waals surface area contributed by atoms with Gasteiger partial charge in [-0.2, -0.15) is 0 Å². The van der Waals surface area contributed by atoms with Crippen LogP contribution in [-0.4, -0.2) is 46.2 Å². The predicted octanol–water partition coefficient (Wildman–Crippen LogP) is 1.20. The van der Waals surface area contributed by atoms with Crippen molar-refractivity contribution in [2.75, 3.05) is 18.2 Å². The molecular weight excluding hydrogens is 228 g/mol. The summed E-state index contributed by atoms with van der Waals surface area (Å²) in [7, 11) is 0. The van der Waals surface area contributed by atoms with Crippen molar-refractivity contribution in [1.82, 2.24) is 10.2 Å². The lowest BCUT2D eigenvalue weighted by atomic mass is 10.1. The van der Waals surface area contributed by atoms with Crippen LogP contribution >= 0.6 is 11.8 Å². The molecule has 1 aliphatic heterocycles. The molecule has 0 aromatic heterocycles. The van der Waals surface area contributed by atoms with Gasteiger partial charge in [0.25, 0.3) is 0 Å². The Labute approximate surface area is 99.6 Å². The Morgan fingerprint density at radius 3 is 2.81 bits per heavy atom. The van der Waals surface area contributed by atoms with E-state index in [4.69, 9.17) is 5.11 Å². The number of amides is 2. The Morgan fingerprint density at radius 1 is 1.56 bits per heavy atom. The second-order valence-corrected chi connectivity index (χ2v) is 5.24. The molecule has 1 rings (SSSR count). The summed E-state index contributed by atoms with van der Waals surface area (Å²) in [6.45, 7) is 4.76. The van der Waals surface area contributed by atoms with Crippen LogP contribution in [0.1, 0.15) is 20.3 Å². The fraction of sp³-hybridized carbons (Fsp3) is 0.800. The minimum absolute atomic E-state index is 0.266. The highest BCUT2D eigenvalue weighted by atomic mass is 32.2. The van der Waals surface area contributed by atoms with Crippen molar-refractivity contribution in [2.24, 2.45) is 5.92 Å². The number of thioether (sulfide) groups is 1. The number of carboxylic acid groups (broad SMARTS) is 1. The Kier molecular flexibility index (Phi) is 4.92. The van der Waals surface area contributed by atoms with Gasteiger partial charge in [0.05, 0.1) is 5.88 Å². The van der Waals surface area contributed by atoms with Crippen molar-refractivity contribution >= 4 is 23.8 Å². The molecule has 1 heterocycles. The number of hydrogen-bond donors (Lipinski definition) is 2. The molecule has 1 aliphatic rings. The van der Waals surface area contributed by atoms with Crippen molar-refractivity contribution in [1.29, 1.82) is 0 Å². The van der Waals surface area contributed by atoms with Crippen molar-refractivity contribution in [3.63, 3.8) is 0 Å². The number of hydrogen-bond acceptors (Lipinski definition) is 3. The normalized spacial score (nSPS) is 20.2. The number of rotatable bonds is 4. The van der Waals surface area contributed by atoms with Gasteiger partial charge in [-0.15, -0.1) is 11.8 Å². The van der Waals surface area contributed by atoms with Gasteiger partial charge < -0.3 is 15.3 Å². The van der Waals surface area contributed by atoms with Crippen molar-refractivity contribution in [2.45, 2.75) is 26.3 Å². The molecule has 5 nitrogen and oxygen atoms in total. The summed E-state index contributed by atoms with van der Waals surface area (Å²) in [6.07, 6.45) is 0.907. The standard InChI is InChI=1S/C10H18N2O3S/c1-7(2)3-4-11-10(15)12-6-16-5-8(12)9(13)14/h7-8H,3-6H2,1-2H3,(H,11,15)(H,13,14). The first-order valence-electron chi connectivity index (χ1n) is 5.37. The zero-order chi connectivity index (χ0) is 12.1. The summed E-state index contributed by atoms with van der Waals surface area (Å²) < 4.78 is 0. The quantitative estimate of drug-likeness (QED) is 0.782. The first-order chi connectivity index (χ1) is 7.52. The minimum atomic E-state index is -0.927. The number of carboxylic acids is 1. The molecule has 0 spiro atoms. The van der Waals surface area contributed by atoms with E-state index in [1.807, 2.05) is 0 Å². The molecule has 6 heteroatoms. The highest BCUT2D eigenvalue weighted by Crippen LogP contribution is 2.20. The van der Waals surface area contributed by atoms with Crippen molar-refractivity contribution in [3.8, 4) is 0 Å². The molecule has 0 radical (unpaired) electrons. The van der Waals surface area contributed by atoms with E-state index < -0.39 is 12.0 Å². The van der Waals surface area contributed by atoms with Crippen LogP contribution in [0.5, 0.6) is 0 Å². The van der Waals surface area contributed by atoms with E-state index in [0.717, 1.165) is 6.42 Å². The maximum Gasteiger partial charge on any atom is 0.327 e. The zero-order valence-corrected chi connectivity index (χ0v) is 10.4. The van der Waals surface area contributed by atoms with Gasteiger partial charge in [-0.1, -0.05) is 13.8 Å². The third kappa shape index (κ3) is 3.59. The van der Waals surface area contributed by atoms with Crippen LogP contribution < -0.4 is 5.32 Å². The first kappa shape index (κ1) is 13.2. The van der Waals surface area contributed by atoms with Crippen LogP contribution in [0, 0.1) is 5.92 Å². The number of aliphatic carboxylic acids is 1. The smallest absolute Gasteiger partial charge is 0.327 e. The van der Waals surface area contributed by atoms with Gasteiger partial charge in [-0.25, -0.2) is 9.59 Å². The summed E-state index contributed by atoms with van der Waals surface area (Å²) >= 11 is 1.47. The number of urea groups is 1. The van der Waals surface area contributed by atoms with Gasteiger partial charge in [0.15, 0.2) is 0 Å². The van der Waals surface area contributed by atoms with E-state index >= 15 is 0 Å². The van der Waals surface area contributed by atoms with E-state index in [0.29, 0.717) is 24.1 Å². The molecule has 0 saturated carbocycles. The lowest BCUT2D eigenvalue weighted by molar-refractivity contribution is -0.140. The molecule has 0 aromatic rings. The van der Waals surface area contributed by atoms with Crippen LogP contribution in [0.15, 0.2) is 0 Å². The van der Waals surface area contributed by atoms with Gasteiger partial charge in [0.1, 0.15) is 6.04 Å². The average molecular weight is 246 g/mol. The van der Waals surface area contributed by atoms with Crippen molar-refractivity contribution < 1.29 is 14.7 Å². The fourth-order valence-corrected chi connectivity index (χ4v) is 2.56. The molecule has 0 aromatic carbocycles. The number of carbonyl (C=O) groups is 2. The maximum absolute atomic E-state index is 11.7. The highest BCUT2D eigenvalue weighted by Gasteiger charge is 2.34. The number of nitrogens with zero attached hydrogens (tertiary/aromatic N) is 1. The fourth-order valence-electron chi connectivity index (χ4n) is 1.42. The maximum atomic E-state index is 11.7. The number of carbonyl (C=O) groups excluding carboxylic acids is 1. The third-order valence-corrected chi connectivity index (χ3v) is 3.44. The predicted molar refractivity (Wildman–Crippen MR) is 63.4 cm³/mol. The minimum Gasteiger partial charge on any atom is -0.480 e. The lowest BCUT2D eigenvalue weighted by Crippen LogP contribution is -2.47. The summed E-state index contributed by atoms with van der Waals surface area (Å²) in [5.74, 6) is 0.546. The SMILES string of the molecule is CC(C)CCNC(=O)N1CSCC1C(=O)O. The van der Waals surface area contributed by atoms with Crippen LogP contribution in [0.3, 0.4) is 0 Å². The first-order valence-corrected chi connectivity index (χ1v) is 6.53. The molecule has 92 valence electrons. The van der Waals surface area contributed by atoms with E-state index in [9.17, 15) is 9.59 Å². The Hall–Kier alpha value is -0.910. The second-order valence-electron chi connectivity index (χ2n) is 4.24. The topological polar surface area (TPSA) is 69.6 Å². The van der Waals surface area contributed by atoms with Crippen LogP contribution in [0.4, 0.5) is 4.79 Å². The van der Waals surface area contributed by atoms with Gasteiger partial charge >= 0.3 is 12.0 Å². The molecule has 1 fully saturated rings. The average Bonchev–Trinajstić information content (AvgIpc) is 2.65. The summed E-state index contributed by atoms with van der Waals surface area (Å²) in [6, 6.07) is -0.943. The van der Waals surface area contributed by atoms with E-state index in [1.54, 1.807) is 0 Å². The lowest BCUT2D eigenvalue weighted by Gasteiger charge is -2.21. The van der Waals surface area contributed by atoms with Gasteiger partial charge in [0, 0.05) is 12.3 Å². The summed E-state index contributed by atoms with van der Waals surface area (Å²) in [5.41, 5.74) is 0. The summed E-state index contributed by atoms with van der Waals surface area (Å²) in [4.78, 5) is 23.9. The number of nitrogens with one attached hydrogen (secondary N) is 1. The van der Waals surface area contributed by atoms with E-state index in [-0.39, 0.29) is 6.03 Å². The molecular formula is C10H18N2O3S. The molecule has 1 atom stereocenters. The van der Waals surface area contributed by atoms with E-state index in [2.05, 4.69) is 19.2 Å². The second kappa shape index (κ2) is 5.98. The molecule has 1 saturated heterocycles. The zero-order valence-electron chi connectivity index (χ0n) is 9.60. The van der Waals surface area contributed by atoms with Crippen molar-refractivity contribution in [3.05, 3.63) is 0 Å². The summed E-state index contributed by atoms with van der Waals surface area (Å²) in [5, 5.41) is 11.7. The Morgan fingerprint density at radius 2 is 2.25 bits per heavy atom. The van der Waals surface area contributed by atoms with E-state index in [1.165, 1.54) is 16.7 Å². The molecule has 1 unspecified atom stereocenters. The van der Waals surface area contributed by atoms with Crippen LogP contribution in [0.2, 0.25) is 0 Å². The highest BCUT2D eigenvalue weighted by molar-refractivity contribution is 7.99. The largest absolute Gasteiger partial charge is 0.480 e. The molecule has 2 N–H and O–H groups in total. The van der Waals surface area contributed by atoms with Crippen LogP contribution in [0.25, 0.3) is 0 Å². The van der Waals surface area contributed by atoms with Gasteiger partial charge in [-0.3, -0.25) is 0 Å². The van der Waals surface area contributed by atoms with Crippen LogP contribution in [-0.2, 0) is 4.79 Å². The Bertz CT molecular complexity index is 271. The monoisotopic (exact) mass is 246 g/mol. The molecule has 0 bridgehead atoms. The Balaban J connectivity index is 2.38. The molecule has 2 amide bonds. The van der Waals surface area contributed by atoms with Gasteiger partial charge in [0.2, 0.25) is 0 Å². The molecule has 16 heavy (non-hydrogen) atoms. The van der Waals surface area contributed by atoms with Gasteiger partial charge in [-0.05, 0) is 12.3 Å². The third-order valence-electron chi connectivity index (χ3n) is 2.43. The molecule has 0 aliphatic carbocycles.